The summed E-state index contributed by atoms with van der Waals surface area (Å²) >= 11 is 0. The number of urea groups is 1. The van der Waals surface area contributed by atoms with Gasteiger partial charge in [-0.2, -0.15) is 5.10 Å². The van der Waals surface area contributed by atoms with Crippen molar-refractivity contribution in [2.75, 3.05) is 0 Å². The van der Waals surface area contributed by atoms with Crippen molar-refractivity contribution in [3.63, 3.8) is 0 Å². The molecule has 0 radical (unpaired) electrons. The standard InChI is InChI=1S/C11H15N3O2/c1-8(13-14-10(12)15)11(2,16)9-6-4-3-5-7-9/h3-7,16H,1-2H3,(H3,12,14,15)/b13-8+. The average Bonchev–Trinajstić information content (AvgIpc) is 2.27. The first-order valence-electron chi connectivity index (χ1n) is 4.82. The van der Waals surface area contributed by atoms with Crippen molar-refractivity contribution in [2.45, 2.75) is 19.4 Å². The van der Waals surface area contributed by atoms with Crippen LogP contribution in [0, 0.1) is 0 Å². The Morgan fingerprint density at radius 2 is 2.00 bits per heavy atom. The van der Waals surface area contributed by atoms with Crippen molar-refractivity contribution in [2.24, 2.45) is 10.8 Å². The number of primary amides is 1. The van der Waals surface area contributed by atoms with Gasteiger partial charge in [0.2, 0.25) is 0 Å². The van der Waals surface area contributed by atoms with E-state index in [0.29, 0.717) is 11.3 Å². The minimum atomic E-state index is -1.23. The van der Waals surface area contributed by atoms with Gasteiger partial charge in [0.1, 0.15) is 5.60 Å². The minimum absolute atomic E-state index is 0.359. The van der Waals surface area contributed by atoms with Gasteiger partial charge in [0.05, 0.1) is 5.71 Å². The van der Waals surface area contributed by atoms with Crippen LogP contribution in [0.15, 0.2) is 35.4 Å². The van der Waals surface area contributed by atoms with Gasteiger partial charge in [-0.3, -0.25) is 0 Å². The van der Waals surface area contributed by atoms with E-state index in [1.54, 1.807) is 26.0 Å². The Morgan fingerprint density at radius 3 is 2.50 bits per heavy atom. The van der Waals surface area contributed by atoms with Crippen molar-refractivity contribution >= 4 is 11.7 Å². The van der Waals surface area contributed by atoms with E-state index in [2.05, 4.69) is 10.5 Å². The molecular weight excluding hydrogens is 206 g/mol. The third-order valence-corrected chi connectivity index (χ3v) is 2.37. The molecule has 5 heteroatoms. The maximum Gasteiger partial charge on any atom is 0.332 e. The molecule has 5 nitrogen and oxygen atoms in total. The van der Waals surface area contributed by atoms with Crippen LogP contribution in [-0.2, 0) is 5.60 Å². The fraction of sp³-hybridized carbons (Fsp3) is 0.273. The zero-order valence-electron chi connectivity index (χ0n) is 9.27. The van der Waals surface area contributed by atoms with Gasteiger partial charge in [0.15, 0.2) is 0 Å². The molecule has 1 unspecified atom stereocenters. The van der Waals surface area contributed by atoms with Crippen LogP contribution in [0.3, 0.4) is 0 Å². The predicted molar refractivity (Wildman–Crippen MR) is 61.8 cm³/mol. The van der Waals surface area contributed by atoms with E-state index in [1.165, 1.54) is 0 Å². The highest BCUT2D eigenvalue weighted by atomic mass is 16.3. The largest absolute Gasteiger partial charge is 0.379 e. The quantitative estimate of drug-likeness (QED) is 0.524. The Balaban J connectivity index is 2.93. The zero-order chi connectivity index (χ0) is 12.2. The second kappa shape index (κ2) is 4.76. The summed E-state index contributed by atoms with van der Waals surface area (Å²) in [6.45, 7) is 3.22. The van der Waals surface area contributed by atoms with Gasteiger partial charge >= 0.3 is 6.03 Å². The molecule has 0 saturated heterocycles. The van der Waals surface area contributed by atoms with E-state index in [9.17, 15) is 9.90 Å². The molecule has 0 fully saturated rings. The molecule has 0 aliphatic carbocycles. The Bertz CT molecular complexity index is 399. The van der Waals surface area contributed by atoms with Crippen LogP contribution in [0.5, 0.6) is 0 Å². The van der Waals surface area contributed by atoms with Crippen LogP contribution < -0.4 is 11.2 Å². The van der Waals surface area contributed by atoms with Crippen molar-refractivity contribution < 1.29 is 9.90 Å². The number of benzene rings is 1. The van der Waals surface area contributed by atoms with E-state index >= 15 is 0 Å². The summed E-state index contributed by atoms with van der Waals surface area (Å²) in [5.41, 5.74) is 6.80. The number of aliphatic hydroxyl groups is 1. The van der Waals surface area contributed by atoms with E-state index < -0.39 is 11.6 Å². The topological polar surface area (TPSA) is 87.7 Å². The summed E-state index contributed by atoms with van der Waals surface area (Å²) in [7, 11) is 0. The summed E-state index contributed by atoms with van der Waals surface area (Å²) < 4.78 is 0. The molecule has 0 aromatic heterocycles. The van der Waals surface area contributed by atoms with Crippen LogP contribution in [0.2, 0.25) is 0 Å². The molecule has 16 heavy (non-hydrogen) atoms. The molecule has 0 saturated carbocycles. The van der Waals surface area contributed by atoms with E-state index in [-0.39, 0.29) is 0 Å². The first-order chi connectivity index (χ1) is 7.44. The summed E-state index contributed by atoms with van der Waals surface area (Å²) in [4.78, 5) is 10.5. The lowest BCUT2D eigenvalue weighted by Gasteiger charge is -2.23. The molecule has 86 valence electrons. The van der Waals surface area contributed by atoms with E-state index in [4.69, 9.17) is 5.73 Å². The van der Waals surface area contributed by atoms with Gasteiger partial charge in [-0.05, 0) is 19.4 Å². The number of carbonyl (C=O) groups is 1. The van der Waals surface area contributed by atoms with Crippen LogP contribution in [-0.4, -0.2) is 16.8 Å². The molecule has 1 aromatic carbocycles. The van der Waals surface area contributed by atoms with Crippen molar-refractivity contribution in [1.29, 1.82) is 0 Å². The molecule has 4 N–H and O–H groups in total. The van der Waals surface area contributed by atoms with Crippen molar-refractivity contribution in [3.05, 3.63) is 35.9 Å². The number of hydrazone groups is 1. The summed E-state index contributed by atoms with van der Waals surface area (Å²) in [6.07, 6.45) is 0. The molecule has 0 aliphatic rings. The Labute approximate surface area is 94.0 Å². The first-order valence-corrected chi connectivity index (χ1v) is 4.82. The smallest absolute Gasteiger partial charge is 0.332 e. The second-order valence-corrected chi connectivity index (χ2v) is 3.61. The fourth-order valence-corrected chi connectivity index (χ4v) is 1.22. The Hall–Kier alpha value is -1.88. The molecule has 0 spiro atoms. The van der Waals surface area contributed by atoms with Gasteiger partial charge in [0, 0.05) is 0 Å². The lowest BCUT2D eigenvalue weighted by molar-refractivity contribution is 0.131. The SMILES string of the molecule is C/C(=N\NC(N)=O)C(C)(O)c1ccccc1. The molecule has 1 rings (SSSR count). The molecule has 1 aromatic rings. The summed E-state index contributed by atoms with van der Waals surface area (Å²) in [5, 5.41) is 14.0. The van der Waals surface area contributed by atoms with E-state index in [0.717, 1.165) is 0 Å². The molecule has 2 amide bonds. The van der Waals surface area contributed by atoms with Crippen molar-refractivity contribution in [3.8, 4) is 0 Å². The number of nitrogens with two attached hydrogens (primary N) is 1. The Kier molecular flexibility index (Phi) is 3.63. The third kappa shape index (κ3) is 2.80. The average molecular weight is 221 g/mol. The molecular formula is C11H15N3O2. The number of carbonyl (C=O) groups excluding carboxylic acids is 1. The fourth-order valence-electron chi connectivity index (χ4n) is 1.22. The lowest BCUT2D eigenvalue weighted by Crippen LogP contribution is -2.34. The summed E-state index contributed by atoms with van der Waals surface area (Å²) in [5.74, 6) is 0. The number of hydrogen-bond acceptors (Lipinski definition) is 3. The molecule has 1 atom stereocenters. The van der Waals surface area contributed by atoms with Crippen molar-refractivity contribution in [1.82, 2.24) is 5.43 Å². The highest BCUT2D eigenvalue weighted by Gasteiger charge is 2.26. The highest BCUT2D eigenvalue weighted by Crippen LogP contribution is 2.21. The second-order valence-electron chi connectivity index (χ2n) is 3.61. The first kappa shape index (κ1) is 12.2. The number of nitrogens with zero attached hydrogens (tertiary/aromatic N) is 1. The highest BCUT2D eigenvalue weighted by molar-refractivity contribution is 5.91. The zero-order valence-corrected chi connectivity index (χ0v) is 9.27. The Morgan fingerprint density at radius 1 is 1.44 bits per heavy atom. The normalized spacial score (nSPS) is 15.3. The predicted octanol–water partition coefficient (Wildman–Crippen LogP) is 0.938. The molecule has 0 aliphatic heterocycles. The van der Waals surface area contributed by atoms with Gasteiger partial charge in [-0.1, -0.05) is 30.3 Å². The van der Waals surface area contributed by atoms with E-state index in [1.807, 2.05) is 18.2 Å². The van der Waals surface area contributed by atoms with Gasteiger partial charge in [-0.15, -0.1) is 0 Å². The number of rotatable bonds is 3. The maximum absolute atomic E-state index is 10.5. The lowest BCUT2D eigenvalue weighted by atomic mass is 9.92. The monoisotopic (exact) mass is 221 g/mol. The van der Waals surface area contributed by atoms with Gasteiger partial charge in [-0.25, -0.2) is 10.2 Å². The van der Waals surface area contributed by atoms with Crippen LogP contribution >= 0.6 is 0 Å². The molecule has 0 heterocycles. The van der Waals surface area contributed by atoms with Gasteiger partial charge < -0.3 is 10.8 Å². The number of nitrogens with one attached hydrogen (secondary N) is 1. The summed E-state index contributed by atoms with van der Waals surface area (Å²) in [6, 6.07) is 8.29. The van der Waals surface area contributed by atoms with Crippen LogP contribution in [0.4, 0.5) is 4.79 Å². The molecule has 0 bridgehead atoms. The van der Waals surface area contributed by atoms with Crippen LogP contribution in [0.1, 0.15) is 19.4 Å². The number of hydrogen-bond donors (Lipinski definition) is 3. The maximum atomic E-state index is 10.5. The number of amides is 2. The minimum Gasteiger partial charge on any atom is -0.379 e. The third-order valence-electron chi connectivity index (χ3n) is 2.37. The van der Waals surface area contributed by atoms with Crippen LogP contribution in [0.25, 0.3) is 0 Å². The van der Waals surface area contributed by atoms with Gasteiger partial charge in [0.25, 0.3) is 0 Å².